The molecule has 1 fully saturated rings. The van der Waals surface area contributed by atoms with E-state index in [0.717, 1.165) is 18.0 Å². The van der Waals surface area contributed by atoms with Crippen LogP contribution in [-0.2, 0) is 0 Å². The second kappa shape index (κ2) is 4.27. The molecule has 1 aliphatic heterocycles. The smallest absolute Gasteiger partial charge is 0.0121 e. The van der Waals surface area contributed by atoms with Crippen LogP contribution in [0.3, 0.4) is 0 Å². The minimum atomic E-state index is 0.792. The average molecular weight is 169 g/mol. The highest BCUT2D eigenvalue weighted by molar-refractivity contribution is 4.86. The maximum Gasteiger partial charge on any atom is 0.0121 e. The summed E-state index contributed by atoms with van der Waals surface area (Å²) in [5.41, 5.74) is 0. The third-order valence-corrected chi connectivity index (χ3v) is 3.50. The Bertz CT molecular complexity index is 133. The monoisotopic (exact) mass is 169 g/mol. The third-order valence-electron chi connectivity index (χ3n) is 3.50. The van der Waals surface area contributed by atoms with Crippen LogP contribution in [0.5, 0.6) is 0 Å². The zero-order chi connectivity index (χ0) is 9.14. The van der Waals surface area contributed by atoms with Gasteiger partial charge in [0, 0.05) is 12.1 Å². The van der Waals surface area contributed by atoms with E-state index in [1.54, 1.807) is 0 Å². The molecule has 12 heavy (non-hydrogen) atoms. The second-order valence-corrected chi connectivity index (χ2v) is 4.24. The van der Waals surface area contributed by atoms with Crippen molar-refractivity contribution in [3.63, 3.8) is 0 Å². The van der Waals surface area contributed by atoms with E-state index in [9.17, 15) is 0 Å². The fraction of sp³-hybridized carbons (Fsp3) is 1.00. The normalized spacial score (nSPS) is 34.0. The van der Waals surface area contributed by atoms with Gasteiger partial charge < -0.3 is 0 Å². The largest absolute Gasteiger partial charge is 0.297 e. The molecular weight excluding hydrogens is 146 g/mol. The zero-order valence-electron chi connectivity index (χ0n) is 9.01. The van der Waals surface area contributed by atoms with E-state index in [-0.39, 0.29) is 0 Å². The van der Waals surface area contributed by atoms with Crippen molar-refractivity contribution >= 4 is 0 Å². The van der Waals surface area contributed by atoms with E-state index >= 15 is 0 Å². The van der Waals surface area contributed by atoms with Crippen LogP contribution in [-0.4, -0.2) is 23.5 Å². The molecule has 1 heterocycles. The Balaban J connectivity index is 2.53. The Morgan fingerprint density at radius 3 is 2.58 bits per heavy atom. The highest BCUT2D eigenvalue weighted by atomic mass is 15.2. The molecule has 0 saturated carbocycles. The third kappa shape index (κ3) is 1.82. The molecule has 1 rings (SSSR count). The van der Waals surface area contributed by atoms with Gasteiger partial charge in [-0.1, -0.05) is 20.8 Å². The van der Waals surface area contributed by atoms with Crippen molar-refractivity contribution in [2.45, 2.75) is 59.0 Å². The lowest BCUT2D eigenvalue weighted by Gasteiger charge is -2.30. The Hall–Kier alpha value is -0.0400. The minimum absolute atomic E-state index is 0.792. The number of nitrogens with zero attached hydrogens (tertiary/aromatic N) is 1. The minimum Gasteiger partial charge on any atom is -0.297 e. The van der Waals surface area contributed by atoms with Gasteiger partial charge in [-0.05, 0) is 38.6 Å². The van der Waals surface area contributed by atoms with E-state index in [1.807, 2.05) is 0 Å². The van der Waals surface area contributed by atoms with Crippen molar-refractivity contribution in [1.82, 2.24) is 4.90 Å². The second-order valence-electron chi connectivity index (χ2n) is 4.24. The molecule has 0 aromatic rings. The molecule has 0 aromatic heterocycles. The molecule has 0 amide bonds. The zero-order valence-corrected chi connectivity index (χ0v) is 9.01. The first-order valence-corrected chi connectivity index (χ1v) is 5.46. The molecular formula is C11H23N. The van der Waals surface area contributed by atoms with Crippen LogP contribution in [0.1, 0.15) is 47.0 Å². The van der Waals surface area contributed by atoms with Crippen molar-refractivity contribution in [2.24, 2.45) is 5.92 Å². The Morgan fingerprint density at radius 1 is 1.42 bits per heavy atom. The Morgan fingerprint density at radius 2 is 2.08 bits per heavy atom. The lowest BCUT2D eigenvalue weighted by atomic mass is 10.00. The van der Waals surface area contributed by atoms with Crippen LogP contribution in [0.25, 0.3) is 0 Å². The van der Waals surface area contributed by atoms with Crippen molar-refractivity contribution < 1.29 is 0 Å². The van der Waals surface area contributed by atoms with E-state index in [0.29, 0.717) is 0 Å². The molecule has 0 aromatic carbocycles. The predicted octanol–water partition coefficient (Wildman–Crippen LogP) is 2.91. The molecule has 0 aliphatic carbocycles. The van der Waals surface area contributed by atoms with Gasteiger partial charge in [-0.15, -0.1) is 0 Å². The molecule has 1 nitrogen and oxygen atoms in total. The summed E-state index contributed by atoms with van der Waals surface area (Å²) in [6.07, 6.45) is 4.03. The fourth-order valence-corrected chi connectivity index (χ4v) is 2.46. The predicted molar refractivity (Wildman–Crippen MR) is 54.3 cm³/mol. The van der Waals surface area contributed by atoms with Crippen molar-refractivity contribution in [1.29, 1.82) is 0 Å². The van der Waals surface area contributed by atoms with Gasteiger partial charge in [0.15, 0.2) is 0 Å². The summed E-state index contributed by atoms with van der Waals surface area (Å²) in [6, 6.07) is 1.65. The van der Waals surface area contributed by atoms with Crippen molar-refractivity contribution in [3.8, 4) is 0 Å². The molecule has 3 atom stereocenters. The maximum atomic E-state index is 2.70. The first kappa shape index (κ1) is 10.0. The number of hydrogen-bond acceptors (Lipinski definition) is 1. The van der Waals surface area contributed by atoms with Crippen LogP contribution in [0.15, 0.2) is 0 Å². The highest BCUT2D eigenvalue weighted by Crippen LogP contribution is 2.28. The average Bonchev–Trinajstić information content (AvgIpc) is 2.45. The van der Waals surface area contributed by atoms with E-state index < -0.39 is 0 Å². The summed E-state index contributed by atoms with van der Waals surface area (Å²) < 4.78 is 0. The van der Waals surface area contributed by atoms with Crippen LogP contribution in [0, 0.1) is 5.92 Å². The molecule has 0 bridgehead atoms. The van der Waals surface area contributed by atoms with E-state index in [4.69, 9.17) is 0 Å². The quantitative estimate of drug-likeness (QED) is 0.628. The lowest BCUT2D eigenvalue weighted by molar-refractivity contribution is 0.166. The Labute approximate surface area is 77.1 Å². The summed E-state index contributed by atoms with van der Waals surface area (Å²) in [5.74, 6) is 0.920. The van der Waals surface area contributed by atoms with E-state index in [1.165, 1.54) is 25.8 Å². The fourth-order valence-electron chi connectivity index (χ4n) is 2.46. The highest BCUT2D eigenvalue weighted by Gasteiger charge is 2.31. The van der Waals surface area contributed by atoms with Crippen molar-refractivity contribution in [3.05, 3.63) is 0 Å². The summed E-state index contributed by atoms with van der Waals surface area (Å²) in [7, 11) is 0. The molecule has 1 aliphatic rings. The molecule has 3 unspecified atom stereocenters. The topological polar surface area (TPSA) is 3.24 Å². The number of rotatable bonds is 3. The van der Waals surface area contributed by atoms with Gasteiger partial charge in [0.25, 0.3) is 0 Å². The first-order valence-electron chi connectivity index (χ1n) is 5.46. The number of likely N-dealkylation sites (tertiary alicyclic amines) is 1. The van der Waals surface area contributed by atoms with Gasteiger partial charge in [-0.3, -0.25) is 4.90 Å². The Kier molecular flexibility index (Phi) is 3.57. The van der Waals surface area contributed by atoms with Crippen LogP contribution >= 0.6 is 0 Å². The summed E-state index contributed by atoms with van der Waals surface area (Å²) >= 11 is 0. The molecule has 0 radical (unpaired) electrons. The van der Waals surface area contributed by atoms with Gasteiger partial charge in [0.1, 0.15) is 0 Å². The first-order chi connectivity index (χ1) is 5.70. The lowest BCUT2D eigenvalue weighted by Crippen LogP contribution is -2.38. The molecule has 1 heteroatoms. The van der Waals surface area contributed by atoms with Gasteiger partial charge in [-0.2, -0.15) is 0 Å². The van der Waals surface area contributed by atoms with Gasteiger partial charge >= 0.3 is 0 Å². The summed E-state index contributed by atoms with van der Waals surface area (Å²) in [5, 5.41) is 0. The van der Waals surface area contributed by atoms with Crippen LogP contribution in [0.4, 0.5) is 0 Å². The van der Waals surface area contributed by atoms with Gasteiger partial charge in [-0.25, -0.2) is 0 Å². The molecule has 1 saturated heterocycles. The maximum absolute atomic E-state index is 2.70. The SMILES string of the molecule is CCC(C)N1CCC(C)C1CC. The van der Waals surface area contributed by atoms with Gasteiger partial charge in [0.2, 0.25) is 0 Å². The summed E-state index contributed by atoms with van der Waals surface area (Å²) in [4.78, 5) is 2.70. The molecule has 0 N–H and O–H groups in total. The summed E-state index contributed by atoms with van der Waals surface area (Å²) in [6.45, 7) is 10.7. The van der Waals surface area contributed by atoms with Gasteiger partial charge in [0.05, 0.1) is 0 Å². The standard InChI is InChI=1S/C11H23N/c1-5-10(4)12-8-7-9(3)11(12)6-2/h9-11H,5-8H2,1-4H3. The van der Waals surface area contributed by atoms with Crippen LogP contribution < -0.4 is 0 Å². The number of hydrogen-bond donors (Lipinski definition) is 0. The van der Waals surface area contributed by atoms with Crippen LogP contribution in [0.2, 0.25) is 0 Å². The molecule has 72 valence electrons. The van der Waals surface area contributed by atoms with Crippen molar-refractivity contribution in [2.75, 3.05) is 6.54 Å². The molecule has 0 spiro atoms. The van der Waals surface area contributed by atoms with E-state index in [2.05, 4.69) is 32.6 Å².